The van der Waals surface area contributed by atoms with Gasteiger partial charge in [-0.2, -0.15) is 5.26 Å². The van der Waals surface area contributed by atoms with Gasteiger partial charge in [0.2, 0.25) is 5.91 Å². The third-order valence-electron chi connectivity index (χ3n) is 4.76. The molecule has 1 fully saturated rings. The second-order valence-corrected chi connectivity index (χ2v) is 6.28. The van der Waals surface area contributed by atoms with Gasteiger partial charge in [-0.15, -0.1) is 0 Å². The molecule has 2 N–H and O–H groups in total. The number of aromatic amines is 1. The number of fused-ring (bicyclic) bond motifs is 3. The van der Waals surface area contributed by atoms with E-state index >= 15 is 0 Å². The number of aromatic nitrogens is 3. The van der Waals surface area contributed by atoms with Gasteiger partial charge in [0.1, 0.15) is 12.2 Å². The second-order valence-electron chi connectivity index (χ2n) is 6.28. The summed E-state index contributed by atoms with van der Waals surface area (Å²) in [4.78, 5) is 26.4. The summed E-state index contributed by atoms with van der Waals surface area (Å²) in [6, 6.07) is 3.98. The molecule has 1 unspecified atom stereocenters. The summed E-state index contributed by atoms with van der Waals surface area (Å²) in [5.41, 5.74) is 1.88. The number of nitrogens with zero attached hydrogens (tertiary/aromatic N) is 4. The Morgan fingerprint density at radius 1 is 1.44 bits per heavy atom. The van der Waals surface area contributed by atoms with E-state index in [1.165, 1.54) is 0 Å². The zero-order valence-electron chi connectivity index (χ0n) is 13.7. The molecule has 1 aliphatic rings. The lowest BCUT2D eigenvalue weighted by molar-refractivity contribution is -0.125. The smallest absolute Gasteiger partial charge is 0.225 e. The van der Waals surface area contributed by atoms with E-state index in [-0.39, 0.29) is 18.4 Å². The minimum Gasteiger partial charge on any atom is -0.369 e. The van der Waals surface area contributed by atoms with Crippen molar-refractivity contribution < 1.29 is 4.79 Å². The number of nitriles is 1. The van der Waals surface area contributed by atoms with Gasteiger partial charge in [-0.1, -0.05) is 0 Å². The maximum absolute atomic E-state index is 12.2. The van der Waals surface area contributed by atoms with Crippen LogP contribution >= 0.6 is 0 Å². The minimum absolute atomic E-state index is 0.0482. The fourth-order valence-electron chi connectivity index (χ4n) is 3.58. The number of pyridine rings is 2. The Kier molecular flexibility index (Phi) is 3.94. The van der Waals surface area contributed by atoms with Crippen molar-refractivity contribution in [2.45, 2.75) is 12.8 Å². The molecule has 3 aromatic rings. The van der Waals surface area contributed by atoms with Crippen LogP contribution in [0.2, 0.25) is 0 Å². The molecule has 1 atom stereocenters. The van der Waals surface area contributed by atoms with Crippen molar-refractivity contribution in [3.63, 3.8) is 0 Å². The third-order valence-corrected chi connectivity index (χ3v) is 4.76. The summed E-state index contributed by atoms with van der Waals surface area (Å²) < 4.78 is 0. The first-order chi connectivity index (χ1) is 12.3. The van der Waals surface area contributed by atoms with Crippen LogP contribution < -0.4 is 10.2 Å². The van der Waals surface area contributed by atoms with Crippen molar-refractivity contribution in [1.29, 1.82) is 5.26 Å². The van der Waals surface area contributed by atoms with Crippen LogP contribution in [-0.4, -0.2) is 40.5 Å². The van der Waals surface area contributed by atoms with Crippen molar-refractivity contribution in [3.8, 4) is 6.07 Å². The average Bonchev–Trinajstić information content (AvgIpc) is 3.14. The zero-order chi connectivity index (χ0) is 17.2. The molecule has 1 aliphatic heterocycles. The fraction of sp³-hybridized carbons (Fsp3) is 0.333. The molecular weight excluding hydrogens is 316 g/mol. The molecule has 0 spiro atoms. The minimum atomic E-state index is -0.110. The Morgan fingerprint density at radius 3 is 3.24 bits per heavy atom. The van der Waals surface area contributed by atoms with Gasteiger partial charge in [-0.3, -0.25) is 9.78 Å². The number of H-pyrrole nitrogens is 1. The van der Waals surface area contributed by atoms with Crippen LogP contribution in [-0.2, 0) is 4.79 Å². The molecule has 25 heavy (non-hydrogen) atoms. The summed E-state index contributed by atoms with van der Waals surface area (Å²) in [5.74, 6) is -0.159. The van der Waals surface area contributed by atoms with E-state index in [1.807, 2.05) is 36.9 Å². The highest BCUT2D eigenvalue weighted by Crippen LogP contribution is 2.33. The molecule has 0 bridgehead atoms. The Balaban J connectivity index is 1.70. The second kappa shape index (κ2) is 6.40. The highest BCUT2D eigenvalue weighted by molar-refractivity contribution is 6.11. The standard InChI is InChI=1S/C18H18N6O/c19-4-6-22-18(25)12-2-1-7-24(11-12)15-10-20-8-13-9-23-17-14(16(13)15)3-5-21-17/h3,5,8-10,12H,1-2,6-7,11H2,(H,21,23)(H,22,25). The number of hydrogen-bond donors (Lipinski definition) is 2. The highest BCUT2D eigenvalue weighted by Gasteiger charge is 2.27. The molecule has 4 rings (SSSR count). The van der Waals surface area contributed by atoms with Gasteiger partial charge >= 0.3 is 0 Å². The van der Waals surface area contributed by atoms with Crippen molar-refractivity contribution in [1.82, 2.24) is 20.3 Å². The van der Waals surface area contributed by atoms with Crippen molar-refractivity contribution in [2.75, 3.05) is 24.5 Å². The van der Waals surface area contributed by atoms with E-state index in [9.17, 15) is 4.79 Å². The van der Waals surface area contributed by atoms with Gasteiger partial charge in [-0.05, 0) is 18.9 Å². The first kappa shape index (κ1) is 15.4. The number of carbonyl (C=O) groups excluding carboxylic acids is 1. The Bertz CT molecular complexity index is 973. The summed E-state index contributed by atoms with van der Waals surface area (Å²) in [5, 5.41) is 14.5. The molecule has 126 valence electrons. The number of rotatable bonds is 3. The van der Waals surface area contributed by atoms with Gasteiger partial charge in [-0.25, -0.2) is 4.98 Å². The quantitative estimate of drug-likeness (QED) is 0.714. The van der Waals surface area contributed by atoms with E-state index in [2.05, 4.69) is 25.2 Å². The van der Waals surface area contributed by atoms with E-state index < -0.39 is 0 Å². The molecule has 4 heterocycles. The monoisotopic (exact) mass is 334 g/mol. The molecule has 0 aliphatic carbocycles. The Morgan fingerprint density at radius 2 is 2.36 bits per heavy atom. The fourth-order valence-corrected chi connectivity index (χ4v) is 3.58. The number of anilines is 1. The molecular formula is C18H18N6O. The maximum atomic E-state index is 12.2. The molecule has 0 aromatic carbocycles. The van der Waals surface area contributed by atoms with E-state index in [4.69, 9.17) is 5.26 Å². The van der Waals surface area contributed by atoms with E-state index in [0.717, 1.165) is 46.9 Å². The van der Waals surface area contributed by atoms with Gasteiger partial charge in [0.15, 0.2) is 0 Å². The molecule has 1 amide bonds. The normalized spacial score (nSPS) is 17.6. The first-order valence-electron chi connectivity index (χ1n) is 8.37. The zero-order valence-corrected chi connectivity index (χ0v) is 13.7. The largest absolute Gasteiger partial charge is 0.369 e. The van der Waals surface area contributed by atoms with E-state index in [0.29, 0.717) is 6.54 Å². The molecule has 1 saturated heterocycles. The molecule has 7 nitrogen and oxygen atoms in total. The topological polar surface area (TPSA) is 97.7 Å². The van der Waals surface area contributed by atoms with Crippen LogP contribution in [0.5, 0.6) is 0 Å². The molecule has 3 aromatic heterocycles. The lowest BCUT2D eigenvalue weighted by Crippen LogP contribution is -2.43. The summed E-state index contributed by atoms with van der Waals surface area (Å²) in [7, 11) is 0. The Hall–Kier alpha value is -3.14. The molecule has 0 radical (unpaired) electrons. The third kappa shape index (κ3) is 2.76. The number of nitrogens with one attached hydrogen (secondary N) is 2. The molecule has 7 heteroatoms. The van der Waals surface area contributed by atoms with Gasteiger partial charge < -0.3 is 15.2 Å². The van der Waals surface area contributed by atoms with Gasteiger partial charge in [0, 0.05) is 47.8 Å². The van der Waals surface area contributed by atoms with Crippen LogP contribution in [0.15, 0.2) is 30.9 Å². The lowest BCUT2D eigenvalue weighted by atomic mass is 9.96. The van der Waals surface area contributed by atoms with Gasteiger partial charge in [0.25, 0.3) is 0 Å². The van der Waals surface area contributed by atoms with E-state index in [1.54, 1.807) is 0 Å². The highest BCUT2D eigenvalue weighted by atomic mass is 16.1. The first-order valence-corrected chi connectivity index (χ1v) is 8.37. The van der Waals surface area contributed by atoms with Crippen molar-refractivity contribution in [3.05, 3.63) is 30.9 Å². The predicted molar refractivity (Wildman–Crippen MR) is 95.0 cm³/mol. The average molecular weight is 334 g/mol. The van der Waals surface area contributed by atoms with Crippen molar-refractivity contribution >= 4 is 33.4 Å². The number of hydrogen-bond acceptors (Lipinski definition) is 5. The number of carbonyl (C=O) groups is 1. The van der Waals surface area contributed by atoms with Crippen LogP contribution in [0.3, 0.4) is 0 Å². The summed E-state index contributed by atoms with van der Waals surface area (Å²) in [6.45, 7) is 1.57. The number of piperidine rings is 1. The molecule has 0 saturated carbocycles. The van der Waals surface area contributed by atoms with Crippen LogP contribution in [0.1, 0.15) is 12.8 Å². The van der Waals surface area contributed by atoms with Crippen LogP contribution in [0, 0.1) is 17.2 Å². The predicted octanol–water partition coefficient (Wildman–Crippen LogP) is 1.97. The van der Waals surface area contributed by atoms with Crippen LogP contribution in [0.25, 0.3) is 21.8 Å². The number of amides is 1. The SMILES string of the molecule is N#CCNC(=O)C1CCCN(c2cncc3cnc4[nH]ccc4c23)C1. The van der Waals surface area contributed by atoms with Gasteiger partial charge in [0.05, 0.1) is 23.9 Å². The van der Waals surface area contributed by atoms with Crippen molar-refractivity contribution in [2.24, 2.45) is 5.92 Å². The summed E-state index contributed by atoms with van der Waals surface area (Å²) in [6.07, 6.45) is 9.17. The summed E-state index contributed by atoms with van der Waals surface area (Å²) >= 11 is 0. The lowest BCUT2D eigenvalue weighted by Gasteiger charge is -2.34. The van der Waals surface area contributed by atoms with Crippen LogP contribution in [0.4, 0.5) is 5.69 Å². The Labute approximate surface area is 144 Å². The maximum Gasteiger partial charge on any atom is 0.225 e.